The largest absolute Gasteiger partial charge is 0.481 e. The highest BCUT2D eigenvalue weighted by atomic mass is 32.1. The zero-order valence-electron chi connectivity index (χ0n) is 17.1. The van der Waals surface area contributed by atoms with E-state index in [1.165, 1.54) is 28.5 Å². The Morgan fingerprint density at radius 3 is 2.16 bits per heavy atom. The molecule has 1 fully saturated rings. The molecule has 0 radical (unpaired) electrons. The van der Waals surface area contributed by atoms with Gasteiger partial charge in [0.1, 0.15) is 10.5 Å². The molecule has 0 bridgehead atoms. The zero-order valence-corrected chi connectivity index (χ0v) is 17.9. The Balaban J connectivity index is 1.40. The lowest BCUT2D eigenvalue weighted by Gasteiger charge is -2.22. The average molecular weight is 459 g/mol. The van der Waals surface area contributed by atoms with E-state index in [-0.39, 0.29) is 0 Å². The van der Waals surface area contributed by atoms with Crippen LogP contribution in [0.3, 0.4) is 0 Å². The molecule has 0 saturated heterocycles. The number of nitrogens with two attached hydrogens (primary N) is 1. The number of hydrogen-bond acceptors (Lipinski definition) is 4. The fourth-order valence-electron chi connectivity index (χ4n) is 4.59. The third-order valence-electron chi connectivity index (χ3n) is 6.66. The molecule has 2 aromatic heterocycles. The minimum Gasteiger partial charge on any atom is -0.481 e. The van der Waals surface area contributed by atoms with Crippen molar-refractivity contribution >= 4 is 38.8 Å². The summed E-state index contributed by atoms with van der Waals surface area (Å²) in [5.74, 6) is -0.720. The number of nitrogen functional groups attached to an aromatic ring is 1. The van der Waals surface area contributed by atoms with Crippen molar-refractivity contribution in [3.8, 4) is 0 Å². The Labute approximate surface area is 186 Å². The second kappa shape index (κ2) is 7.33. The van der Waals surface area contributed by atoms with Gasteiger partial charge in [-0.15, -0.1) is 11.3 Å². The Hall–Kier alpha value is -2.87. The van der Waals surface area contributed by atoms with E-state index in [4.69, 9.17) is 5.73 Å². The first kappa shape index (κ1) is 21.0. The number of pyridine rings is 1. The van der Waals surface area contributed by atoms with Gasteiger partial charge in [0.2, 0.25) is 0 Å². The third kappa shape index (κ3) is 3.46. The SMILES string of the molecule is Nc1c(C2=CC=C(C3=CC=C(C4(C(=O)O)CC4)CC3)CC2)sc2nc(C(F)(F)F)ccc12. The van der Waals surface area contributed by atoms with Crippen LogP contribution in [0.4, 0.5) is 18.9 Å². The molecule has 1 saturated carbocycles. The molecule has 0 unspecified atom stereocenters. The van der Waals surface area contributed by atoms with Gasteiger partial charge >= 0.3 is 12.1 Å². The normalized spacial score (nSPS) is 20.3. The summed E-state index contributed by atoms with van der Waals surface area (Å²) < 4.78 is 38.9. The van der Waals surface area contributed by atoms with E-state index in [2.05, 4.69) is 4.98 Å². The Morgan fingerprint density at radius 2 is 1.62 bits per heavy atom. The van der Waals surface area contributed by atoms with E-state index in [1.807, 2.05) is 24.3 Å². The van der Waals surface area contributed by atoms with Crippen LogP contribution in [-0.2, 0) is 11.0 Å². The highest BCUT2D eigenvalue weighted by Gasteiger charge is 2.52. The van der Waals surface area contributed by atoms with Crippen molar-refractivity contribution in [1.82, 2.24) is 4.98 Å². The van der Waals surface area contributed by atoms with Crippen LogP contribution in [0, 0.1) is 5.41 Å². The average Bonchev–Trinajstić information content (AvgIpc) is 3.53. The predicted octanol–water partition coefficient (Wildman–Crippen LogP) is 6.51. The van der Waals surface area contributed by atoms with E-state index in [9.17, 15) is 23.1 Å². The van der Waals surface area contributed by atoms with Crippen LogP contribution in [0.1, 0.15) is 49.1 Å². The molecule has 0 spiro atoms. The van der Waals surface area contributed by atoms with Gasteiger partial charge in [0.15, 0.2) is 0 Å². The smallest absolute Gasteiger partial charge is 0.433 e. The monoisotopic (exact) mass is 458 g/mol. The van der Waals surface area contributed by atoms with Crippen molar-refractivity contribution < 1.29 is 23.1 Å². The standard InChI is InChI=1S/C24H21F3N2O2S/c25-24(26,27)18-10-9-17-19(28)20(32-21(17)29-18)15-3-1-13(2-4-15)14-5-7-16(8-6-14)23(11-12-23)22(30)31/h1,3,5,7,9-10H,2,4,6,8,11-12,28H2,(H,30,31). The van der Waals surface area contributed by atoms with Gasteiger partial charge in [0, 0.05) is 5.39 Å². The molecule has 166 valence electrons. The number of thiophene rings is 1. The number of allylic oxidation sites excluding steroid dienone is 7. The summed E-state index contributed by atoms with van der Waals surface area (Å²) in [4.78, 5) is 16.4. The number of anilines is 1. The van der Waals surface area contributed by atoms with E-state index in [1.54, 1.807) is 0 Å². The molecule has 0 amide bonds. The van der Waals surface area contributed by atoms with Crippen LogP contribution < -0.4 is 5.73 Å². The molecule has 2 aromatic rings. The number of aliphatic carboxylic acids is 1. The predicted molar refractivity (Wildman–Crippen MR) is 119 cm³/mol. The van der Waals surface area contributed by atoms with Crippen molar-refractivity contribution in [2.45, 2.75) is 44.7 Å². The van der Waals surface area contributed by atoms with Gasteiger partial charge in [-0.3, -0.25) is 4.79 Å². The molecule has 3 N–H and O–H groups in total. The van der Waals surface area contributed by atoms with Crippen LogP contribution in [-0.4, -0.2) is 16.1 Å². The van der Waals surface area contributed by atoms with Crippen LogP contribution >= 0.6 is 11.3 Å². The summed E-state index contributed by atoms with van der Waals surface area (Å²) in [6.07, 6.45) is 8.16. The van der Waals surface area contributed by atoms with Crippen molar-refractivity contribution in [3.63, 3.8) is 0 Å². The fourth-order valence-corrected chi connectivity index (χ4v) is 5.73. The molecule has 32 heavy (non-hydrogen) atoms. The van der Waals surface area contributed by atoms with E-state index in [0.29, 0.717) is 15.9 Å². The first-order chi connectivity index (χ1) is 15.2. The van der Waals surface area contributed by atoms with Gasteiger partial charge in [0.05, 0.1) is 16.0 Å². The van der Waals surface area contributed by atoms with E-state index < -0.39 is 23.3 Å². The molecule has 0 aliphatic heterocycles. The number of carboxylic acid groups (broad SMARTS) is 1. The fraction of sp³-hybridized carbons (Fsp3) is 0.333. The highest BCUT2D eigenvalue weighted by Crippen LogP contribution is 2.55. The van der Waals surface area contributed by atoms with E-state index in [0.717, 1.165) is 60.6 Å². The minimum atomic E-state index is -4.49. The first-order valence-electron chi connectivity index (χ1n) is 10.5. The quantitative estimate of drug-likeness (QED) is 0.547. The number of carboxylic acids is 1. The highest BCUT2D eigenvalue weighted by molar-refractivity contribution is 7.20. The maximum atomic E-state index is 13.0. The molecule has 3 aliphatic rings. The van der Waals surface area contributed by atoms with E-state index >= 15 is 0 Å². The molecule has 2 heterocycles. The van der Waals surface area contributed by atoms with Crippen LogP contribution in [0.2, 0.25) is 0 Å². The van der Waals surface area contributed by atoms with Crippen LogP contribution in [0.5, 0.6) is 0 Å². The molecule has 8 heteroatoms. The molecule has 0 aromatic carbocycles. The van der Waals surface area contributed by atoms with Crippen molar-refractivity contribution in [2.24, 2.45) is 5.41 Å². The lowest BCUT2D eigenvalue weighted by molar-refractivity contribution is -0.142. The number of hydrogen-bond donors (Lipinski definition) is 2. The third-order valence-corrected chi connectivity index (χ3v) is 7.85. The summed E-state index contributed by atoms with van der Waals surface area (Å²) in [6, 6.07) is 2.36. The van der Waals surface area contributed by atoms with Gasteiger partial charge in [-0.1, -0.05) is 29.9 Å². The lowest BCUT2D eigenvalue weighted by Crippen LogP contribution is -2.18. The summed E-state index contributed by atoms with van der Waals surface area (Å²) in [5.41, 5.74) is 9.63. The zero-order chi connectivity index (χ0) is 22.7. The maximum absolute atomic E-state index is 13.0. The first-order valence-corrected chi connectivity index (χ1v) is 11.3. The number of aromatic nitrogens is 1. The molecule has 0 atom stereocenters. The number of fused-ring (bicyclic) bond motifs is 1. The van der Waals surface area contributed by atoms with Gasteiger partial charge < -0.3 is 10.8 Å². The van der Waals surface area contributed by atoms with Crippen molar-refractivity contribution in [1.29, 1.82) is 0 Å². The number of nitrogens with zero attached hydrogens (tertiary/aromatic N) is 1. The minimum absolute atomic E-state index is 0.295. The number of alkyl halides is 3. The van der Waals surface area contributed by atoms with Gasteiger partial charge in [-0.25, -0.2) is 4.98 Å². The topological polar surface area (TPSA) is 76.2 Å². The van der Waals surface area contributed by atoms with Crippen LogP contribution in [0.15, 0.2) is 53.2 Å². The summed E-state index contributed by atoms with van der Waals surface area (Å²) in [5, 5.41) is 10.0. The summed E-state index contributed by atoms with van der Waals surface area (Å²) in [7, 11) is 0. The maximum Gasteiger partial charge on any atom is 0.433 e. The Bertz CT molecular complexity index is 1260. The molecular formula is C24H21F3N2O2S. The lowest BCUT2D eigenvalue weighted by atomic mass is 9.82. The van der Waals surface area contributed by atoms with Gasteiger partial charge in [-0.2, -0.15) is 13.2 Å². The van der Waals surface area contributed by atoms with Gasteiger partial charge in [-0.05, 0) is 67.4 Å². The molecule has 4 nitrogen and oxygen atoms in total. The summed E-state index contributed by atoms with van der Waals surface area (Å²) in [6.45, 7) is 0. The van der Waals surface area contributed by atoms with Gasteiger partial charge in [0.25, 0.3) is 0 Å². The Morgan fingerprint density at radius 1 is 1.00 bits per heavy atom. The van der Waals surface area contributed by atoms with Crippen molar-refractivity contribution in [2.75, 3.05) is 5.73 Å². The second-order valence-electron chi connectivity index (χ2n) is 8.55. The second-order valence-corrected chi connectivity index (χ2v) is 9.55. The number of carbonyl (C=O) groups is 1. The Kier molecular flexibility index (Phi) is 4.81. The number of rotatable bonds is 4. The molecule has 3 aliphatic carbocycles. The molecular weight excluding hydrogens is 437 g/mol. The van der Waals surface area contributed by atoms with Crippen LogP contribution in [0.25, 0.3) is 15.8 Å². The number of halogens is 3. The summed E-state index contributed by atoms with van der Waals surface area (Å²) >= 11 is 1.20. The molecule has 5 rings (SSSR count). The van der Waals surface area contributed by atoms with Crippen molar-refractivity contribution in [3.05, 3.63) is 63.7 Å².